The molecule has 0 aliphatic heterocycles. The van der Waals surface area contributed by atoms with Gasteiger partial charge in [0.05, 0.1) is 27.7 Å². The molecule has 1 N–H and O–H groups in total. The average molecular weight is 456 g/mol. The van der Waals surface area contributed by atoms with E-state index in [4.69, 9.17) is 0 Å². The molecule has 0 radical (unpaired) electrons. The summed E-state index contributed by atoms with van der Waals surface area (Å²) in [7, 11) is 0.753. The van der Waals surface area contributed by atoms with Crippen LogP contribution in [-0.4, -0.2) is 46.4 Å². The number of nitrogens with one attached hydrogen (secondary N) is 1. The summed E-state index contributed by atoms with van der Waals surface area (Å²) in [5, 5.41) is 4.67. The first kappa shape index (κ1) is 21.5. The Morgan fingerprint density at radius 3 is 2.61 bits per heavy atom. The van der Waals surface area contributed by atoms with Gasteiger partial charge in [0.15, 0.2) is 9.84 Å². The Bertz CT molecular complexity index is 1320. The van der Waals surface area contributed by atoms with Crippen LogP contribution in [0.1, 0.15) is 17.2 Å². The van der Waals surface area contributed by atoms with E-state index in [2.05, 4.69) is 32.1 Å². The van der Waals surface area contributed by atoms with E-state index in [1.807, 2.05) is 44.0 Å². The SMILES string of the molecule is Cc1cnc(CN(C)Cc2cc(-c3ccc(-c4cccc(S(C)(=O)=O)c4)s3)n(C)n2)[nH]1. The number of imidazole rings is 1. The molecule has 4 rings (SSSR count). The summed E-state index contributed by atoms with van der Waals surface area (Å²) in [6.07, 6.45) is 3.06. The zero-order valence-electron chi connectivity index (χ0n) is 18.0. The van der Waals surface area contributed by atoms with Crippen LogP contribution in [0.5, 0.6) is 0 Å². The van der Waals surface area contributed by atoms with Gasteiger partial charge in [-0.3, -0.25) is 9.58 Å². The normalized spacial score (nSPS) is 12.0. The van der Waals surface area contributed by atoms with Crippen LogP contribution in [0.2, 0.25) is 0 Å². The minimum atomic E-state index is -3.24. The van der Waals surface area contributed by atoms with E-state index in [0.717, 1.165) is 44.8 Å². The molecule has 0 unspecified atom stereocenters. The van der Waals surface area contributed by atoms with Crippen molar-refractivity contribution in [1.29, 1.82) is 0 Å². The standard InChI is InChI=1S/C22H25N5O2S2/c1-15-12-23-22(24-15)14-26(2)13-17-11-19(27(3)25-17)21-9-8-20(30-21)16-6-5-7-18(10-16)31(4,28)29/h5-12H,13-14H2,1-4H3,(H,23,24). The van der Waals surface area contributed by atoms with Gasteiger partial charge in [-0.25, -0.2) is 13.4 Å². The number of hydrogen-bond acceptors (Lipinski definition) is 6. The van der Waals surface area contributed by atoms with Crippen molar-refractivity contribution in [3.8, 4) is 21.0 Å². The van der Waals surface area contributed by atoms with Crippen molar-refractivity contribution in [3.05, 3.63) is 65.9 Å². The van der Waals surface area contributed by atoms with Gasteiger partial charge in [0.1, 0.15) is 5.82 Å². The lowest BCUT2D eigenvalue weighted by atomic mass is 10.2. The Morgan fingerprint density at radius 2 is 1.90 bits per heavy atom. The van der Waals surface area contributed by atoms with Crippen molar-refractivity contribution in [3.63, 3.8) is 0 Å². The Morgan fingerprint density at radius 1 is 1.13 bits per heavy atom. The van der Waals surface area contributed by atoms with Crippen LogP contribution >= 0.6 is 11.3 Å². The van der Waals surface area contributed by atoms with Gasteiger partial charge >= 0.3 is 0 Å². The molecule has 1 aromatic carbocycles. The first-order chi connectivity index (χ1) is 14.7. The summed E-state index contributed by atoms with van der Waals surface area (Å²) >= 11 is 1.63. The summed E-state index contributed by atoms with van der Waals surface area (Å²) in [4.78, 5) is 12.2. The molecule has 0 atom stereocenters. The molecule has 7 nitrogen and oxygen atoms in total. The van der Waals surface area contributed by atoms with Crippen LogP contribution < -0.4 is 0 Å². The van der Waals surface area contributed by atoms with Crippen LogP contribution in [0.3, 0.4) is 0 Å². The maximum Gasteiger partial charge on any atom is 0.175 e. The van der Waals surface area contributed by atoms with Crippen LogP contribution in [0.4, 0.5) is 0 Å². The smallest absolute Gasteiger partial charge is 0.175 e. The minimum absolute atomic E-state index is 0.331. The zero-order valence-corrected chi connectivity index (χ0v) is 19.6. The van der Waals surface area contributed by atoms with Gasteiger partial charge in [-0.1, -0.05) is 12.1 Å². The van der Waals surface area contributed by atoms with E-state index in [1.165, 1.54) is 6.26 Å². The van der Waals surface area contributed by atoms with Crippen molar-refractivity contribution in [2.45, 2.75) is 24.9 Å². The molecule has 3 aromatic heterocycles. The molecule has 0 amide bonds. The fourth-order valence-electron chi connectivity index (χ4n) is 3.48. The van der Waals surface area contributed by atoms with Crippen LogP contribution in [0.25, 0.3) is 21.0 Å². The molecular weight excluding hydrogens is 430 g/mol. The third-order valence-electron chi connectivity index (χ3n) is 4.94. The maximum atomic E-state index is 11.9. The number of nitrogens with zero attached hydrogens (tertiary/aromatic N) is 4. The predicted octanol–water partition coefficient (Wildman–Crippen LogP) is 3.88. The number of aromatic amines is 1. The van der Waals surface area contributed by atoms with E-state index >= 15 is 0 Å². The maximum absolute atomic E-state index is 11.9. The average Bonchev–Trinajstić information content (AvgIpc) is 3.41. The van der Waals surface area contributed by atoms with Crippen molar-refractivity contribution >= 4 is 21.2 Å². The summed E-state index contributed by atoms with van der Waals surface area (Å²) in [6, 6.07) is 13.3. The third-order valence-corrected chi connectivity index (χ3v) is 7.21. The number of sulfone groups is 1. The lowest BCUT2D eigenvalue weighted by Gasteiger charge is -2.13. The van der Waals surface area contributed by atoms with Crippen LogP contribution in [0, 0.1) is 6.92 Å². The molecule has 3 heterocycles. The Labute approximate surface area is 186 Å². The molecule has 0 fully saturated rings. The fraction of sp³-hybridized carbons (Fsp3) is 0.273. The fourth-order valence-corrected chi connectivity index (χ4v) is 5.20. The number of thiophene rings is 1. The van der Waals surface area contributed by atoms with Crippen molar-refractivity contribution in [1.82, 2.24) is 24.6 Å². The molecule has 9 heteroatoms. The molecular formula is C22H25N5O2S2. The van der Waals surface area contributed by atoms with Gasteiger partial charge in [0, 0.05) is 36.6 Å². The lowest BCUT2D eigenvalue weighted by molar-refractivity contribution is 0.306. The summed E-state index contributed by atoms with van der Waals surface area (Å²) < 4.78 is 25.6. The summed E-state index contributed by atoms with van der Waals surface area (Å²) in [5.41, 5.74) is 3.97. The van der Waals surface area contributed by atoms with Gasteiger partial charge in [-0.05, 0) is 49.9 Å². The van der Waals surface area contributed by atoms with E-state index in [0.29, 0.717) is 11.4 Å². The molecule has 162 valence electrons. The highest BCUT2D eigenvalue weighted by Crippen LogP contribution is 2.35. The van der Waals surface area contributed by atoms with E-state index in [-0.39, 0.29) is 0 Å². The summed E-state index contributed by atoms with van der Waals surface area (Å²) in [5.74, 6) is 0.940. The topological polar surface area (TPSA) is 83.9 Å². The van der Waals surface area contributed by atoms with Gasteiger partial charge in [0.25, 0.3) is 0 Å². The Kier molecular flexibility index (Phi) is 5.83. The van der Waals surface area contributed by atoms with Crippen LogP contribution in [-0.2, 0) is 30.0 Å². The second-order valence-corrected chi connectivity index (χ2v) is 10.9. The minimum Gasteiger partial charge on any atom is -0.345 e. The molecule has 0 bridgehead atoms. The zero-order chi connectivity index (χ0) is 22.2. The highest BCUT2D eigenvalue weighted by atomic mass is 32.2. The summed E-state index contributed by atoms with van der Waals surface area (Å²) in [6.45, 7) is 3.43. The lowest BCUT2D eigenvalue weighted by Crippen LogP contribution is -2.18. The predicted molar refractivity (Wildman–Crippen MR) is 124 cm³/mol. The van der Waals surface area contributed by atoms with Gasteiger partial charge < -0.3 is 4.98 Å². The number of benzene rings is 1. The van der Waals surface area contributed by atoms with Gasteiger partial charge in [0.2, 0.25) is 0 Å². The molecule has 4 aromatic rings. The molecule has 0 aliphatic carbocycles. The number of aryl methyl sites for hydroxylation is 2. The van der Waals surface area contributed by atoms with E-state index in [1.54, 1.807) is 29.5 Å². The first-order valence-corrected chi connectivity index (χ1v) is 12.5. The molecule has 31 heavy (non-hydrogen) atoms. The van der Waals surface area contributed by atoms with E-state index < -0.39 is 9.84 Å². The quantitative estimate of drug-likeness (QED) is 0.457. The molecule has 0 aliphatic rings. The highest BCUT2D eigenvalue weighted by molar-refractivity contribution is 7.90. The number of hydrogen-bond donors (Lipinski definition) is 1. The second-order valence-electron chi connectivity index (χ2n) is 7.79. The van der Waals surface area contributed by atoms with Crippen molar-refractivity contribution in [2.75, 3.05) is 13.3 Å². The Balaban J connectivity index is 1.52. The Hall–Kier alpha value is -2.75. The number of rotatable bonds is 7. The highest BCUT2D eigenvalue weighted by Gasteiger charge is 2.14. The van der Waals surface area contributed by atoms with Crippen LogP contribution in [0.15, 0.2) is 53.6 Å². The first-order valence-electron chi connectivity index (χ1n) is 9.82. The molecule has 0 saturated heterocycles. The number of H-pyrrole nitrogens is 1. The monoisotopic (exact) mass is 455 g/mol. The van der Waals surface area contributed by atoms with E-state index in [9.17, 15) is 8.42 Å². The van der Waals surface area contributed by atoms with Gasteiger partial charge in [-0.2, -0.15) is 5.10 Å². The van der Waals surface area contributed by atoms with Crippen molar-refractivity contribution < 1.29 is 8.42 Å². The second kappa shape index (κ2) is 8.41. The largest absolute Gasteiger partial charge is 0.345 e. The van der Waals surface area contributed by atoms with Crippen molar-refractivity contribution in [2.24, 2.45) is 7.05 Å². The number of aromatic nitrogens is 4. The molecule has 0 spiro atoms. The van der Waals surface area contributed by atoms with Gasteiger partial charge in [-0.15, -0.1) is 11.3 Å². The molecule has 0 saturated carbocycles. The third kappa shape index (κ3) is 4.95.